The molecule has 5 nitrogen and oxygen atoms in total. The summed E-state index contributed by atoms with van der Waals surface area (Å²) < 4.78 is 0. The van der Waals surface area contributed by atoms with Crippen LogP contribution in [0.1, 0.15) is 31.2 Å². The fraction of sp³-hybridized carbons (Fsp3) is 0.250. The summed E-state index contributed by atoms with van der Waals surface area (Å²) >= 11 is 1.41. The molecule has 0 radical (unpaired) electrons. The Balaban J connectivity index is 1.50. The van der Waals surface area contributed by atoms with Crippen molar-refractivity contribution in [1.29, 1.82) is 0 Å². The Morgan fingerprint density at radius 2 is 1.60 bits per heavy atom. The summed E-state index contributed by atoms with van der Waals surface area (Å²) in [5, 5.41) is 7.81. The second-order valence-corrected chi connectivity index (χ2v) is 8.32. The van der Waals surface area contributed by atoms with E-state index in [1.54, 1.807) is 18.2 Å². The quantitative estimate of drug-likeness (QED) is 0.555. The van der Waals surface area contributed by atoms with Crippen molar-refractivity contribution in [2.75, 3.05) is 20.6 Å². The Hall–Kier alpha value is -2.96. The molecule has 0 spiro atoms. The van der Waals surface area contributed by atoms with Crippen LogP contribution >= 0.6 is 11.3 Å². The second-order valence-electron chi connectivity index (χ2n) is 7.37. The van der Waals surface area contributed by atoms with Crippen molar-refractivity contribution in [3.63, 3.8) is 0 Å². The molecule has 1 heterocycles. The van der Waals surface area contributed by atoms with Crippen LogP contribution in [-0.2, 0) is 13.0 Å². The lowest BCUT2D eigenvalue weighted by molar-refractivity contribution is 0.0937. The second kappa shape index (κ2) is 10.7. The summed E-state index contributed by atoms with van der Waals surface area (Å²) in [5.74, 6) is -0.177. The molecule has 2 N–H and O–H groups in total. The van der Waals surface area contributed by atoms with Crippen LogP contribution in [0.5, 0.6) is 0 Å². The van der Waals surface area contributed by atoms with E-state index in [1.807, 2.05) is 55.9 Å². The van der Waals surface area contributed by atoms with Crippen LogP contribution in [0.25, 0.3) is 0 Å². The first kappa shape index (κ1) is 21.7. The van der Waals surface area contributed by atoms with Gasteiger partial charge >= 0.3 is 0 Å². The average molecular weight is 422 g/mol. The van der Waals surface area contributed by atoms with Crippen molar-refractivity contribution in [3.8, 4) is 0 Å². The summed E-state index contributed by atoms with van der Waals surface area (Å²) in [6.45, 7) is 0.998. The fourth-order valence-electron chi connectivity index (χ4n) is 3.09. The highest BCUT2D eigenvalue weighted by molar-refractivity contribution is 7.12. The molecule has 0 saturated carbocycles. The van der Waals surface area contributed by atoms with E-state index in [0.29, 0.717) is 23.5 Å². The molecular formula is C24H27N3O2S. The molecule has 1 aromatic heterocycles. The monoisotopic (exact) mass is 421 g/mol. The molecule has 2 amide bonds. The highest BCUT2D eigenvalue weighted by Crippen LogP contribution is 2.10. The molecule has 0 saturated heterocycles. The zero-order valence-corrected chi connectivity index (χ0v) is 18.1. The smallest absolute Gasteiger partial charge is 0.261 e. The minimum absolute atomic E-state index is 0.0834. The van der Waals surface area contributed by atoms with Gasteiger partial charge in [0.25, 0.3) is 11.8 Å². The number of carbonyl (C=O) groups is 2. The first-order valence-corrected chi connectivity index (χ1v) is 10.8. The van der Waals surface area contributed by atoms with Crippen LogP contribution in [0.2, 0.25) is 0 Å². The highest BCUT2D eigenvalue weighted by Gasteiger charge is 2.14. The molecular weight excluding hydrogens is 394 g/mol. The van der Waals surface area contributed by atoms with Gasteiger partial charge in [0.1, 0.15) is 0 Å². The third-order valence-electron chi connectivity index (χ3n) is 4.96. The third kappa shape index (κ3) is 6.27. The maximum atomic E-state index is 12.6. The first-order valence-electron chi connectivity index (χ1n) is 9.92. The summed E-state index contributed by atoms with van der Waals surface area (Å²) in [6.07, 6.45) is 0.872. The molecule has 1 atom stereocenters. The number of benzene rings is 2. The zero-order chi connectivity index (χ0) is 21.3. The van der Waals surface area contributed by atoms with Crippen molar-refractivity contribution in [2.45, 2.75) is 19.0 Å². The average Bonchev–Trinajstić information content (AvgIpc) is 3.31. The van der Waals surface area contributed by atoms with E-state index in [-0.39, 0.29) is 17.9 Å². The highest BCUT2D eigenvalue weighted by atomic mass is 32.1. The van der Waals surface area contributed by atoms with Crippen molar-refractivity contribution < 1.29 is 9.59 Å². The molecule has 0 aliphatic carbocycles. The number of rotatable bonds is 9. The third-order valence-corrected chi connectivity index (χ3v) is 5.83. The standard InChI is InChI=1S/C24H27N3O2S/c1-27(2)21(15-18-7-4-3-5-8-18)17-26-23(28)20-12-10-19(11-13-20)16-25-24(29)22-9-6-14-30-22/h3-14,21H,15-17H2,1-2H3,(H,25,29)(H,26,28). The summed E-state index contributed by atoms with van der Waals surface area (Å²) in [7, 11) is 4.05. The minimum atomic E-state index is -0.0934. The number of hydrogen-bond donors (Lipinski definition) is 2. The fourth-order valence-corrected chi connectivity index (χ4v) is 3.73. The molecule has 0 bridgehead atoms. The van der Waals surface area contributed by atoms with Gasteiger partial charge in [-0.15, -0.1) is 11.3 Å². The summed E-state index contributed by atoms with van der Waals surface area (Å²) in [4.78, 5) is 27.4. The number of likely N-dealkylation sites (N-methyl/N-ethyl adjacent to an activating group) is 1. The lowest BCUT2D eigenvalue weighted by atomic mass is 10.0. The van der Waals surface area contributed by atoms with Crippen molar-refractivity contribution in [3.05, 3.63) is 93.7 Å². The van der Waals surface area contributed by atoms with Gasteiger partial charge in [0.15, 0.2) is 0 Å². The van der Waals surface area contributed by atoms with E-state index in [4.69, 9.17) is 0 Å². The molecule has 3 rings (SSSR count). The van der Waals surface area contributed by atoms with Gasteiger partial charge in [-0.05, 0) is 55.2 Å². The van der Waals surface area contributed by atoms with E-state index in [1.165, 1.54) is 16.9 Å². The van der Waals surface area contributed by atoms with E-state index in [0.717, 1.165) is 12.0 Å². The van der Waals surface area contributed by atoms with Crippen LogP contribution in [0, 0.1) is 0 Å². The number of nitrogens with zero attached hydrogens (tertiary/aromatic N) is 1. The number of amides is 2. The lowest BCUT2D eigenvalue weighted by Crippen LogP contribution is -2.41. The van der Waals surface area contributed by atoms with Gasteiger partial charge in [-0.2, -0.15) is 0 Å². The van der Waals surface area contributed by atoms with Crippen LogP contribution in [0.15, 0.2) is 72.1 Å². The first-order chi connectivity index (χ1) is 14.5. The Bertz CT molecular complexity index is 938. The van der Waals surface area contributed by atoms with Gasteiger partial charge in [0.2, 0.25) is 0 Å². The minimum Gasteiger partial charge on any atom is -0.350 e. The normalized spacial score (nSPS) is 11.8. The van der Waals surface area contributed by atoms with Crippen LogP contribution in [0.3, 0.4) is 0 Å². The maximum absolute atomic E-state index is 12.6. The Morgan fingerprint density at radius 3 is 2.23 bits per heavy atom. The number of hydrogen-bond acceptors (Lipinski definition) is 4. The number of carbonyl (C=O) groups excluding carboxylic acids is 2. The van der Waals surface area contributed by atoms with Gasteiger partial charge in [0.05, 0.1) is 4.88 Å². The Morgan fingerprint density at radius 1 is 0.867 bits per heavy atom. The molecule has 1 unspecified atom stereocenters. The van der Waals surface area contributed by atoms with Gasteiger partial charge in [-0.3, -0.25) is 9.59 Å². The zero-order valence-electron chi connectivity index (χ0n) is 17.3. The van der Waals surface area contributed by atoms with Crippen molar-refractivity contribution >= 4 is 23.2 Å². The van der Waals surface area contributed by atoms with Gasteiger partial charge < -0.3 is 15.5 Å². The summed E-state index contributed by atoms with van der Waals surface area (Å²) in [5.41, 5.74) is 2.81. The molecule has 30 heavy (non-hydrogen) atoms. The van der Waals surface area contributed by atoms with E-state index < -0.39 is 0 Å². The van der Waals surface area contributed by atoms with Gasteiger partial charge in [-0.1, -0.05) is 48.5 Å². The van der Waals surface area contributed by atoms with E-state index >= 15 is 0 Å². The molecule has 2 aromatic carbocycles. The number of thiophene rings is 1. The topological polar surface area (TPSA) is 61.4 Å². The lowest BCUT2D eigenvalue weighted by Gasteiger charge is -2.24. The molecule has 156 valence electrons. The molecule has 6 heteroatoms. The Labute approximate surface area is 181 Å². The predicted octanol–water partition coefficient (Wildman–Crippen LogP) is 3.58. The van der Waals surface area contributed by atoms with Gasteiger partial charge in [0, 0.05) is 24.7 Å². The van der Waals surface area contributed by atoms with E-state index in [9.17, 15) is 9.59 Å². The molecule has 0 aliphatic rings. The number of nitrogens with one attached hydrogen (secondary N) is 2. The maximum Gasteiger partial charge on any atom is 0.261 e. The molecule has 0 fully saturated rings. The van der Waals surface area contributed by atoms with E-state index in [2.05, 4.69) is 27.7 Å². The van der Waals surface area contributed by atoms with Crippen LogP contribution in [0.4, 0.5) is 0 Å². The Kier molecular flexibility index (Phi) is 7.76. The molecule has 0 aliphatic heterocycles. The van der Waals surface area contributed by atoms with Crippen LogP contribution < -0.4 is 10.6 Å². The summed E-state index contributed by atoms with van der Waals surface area (Å²) in [6, 6.07) is 21.5. The van der Waals surface area contributed by atoms with Crippen LogP contribution in [-0.4, -0.2) is 43.4 Å². The van der Waals surface area contributed by atoms with Gasteiger partial charge in [-0.25, -0.2) is 0 Å². The SMILES string of the molecule is CN(C)C(CNC(=O)c1ccc(CNC(=O)c2cccs2)cc1)Cc1ccccc1. The van der Waals surface area contributed by atoms with Crippen molar-refractivity contribution in [1.82, 2.24) is 15.5 Å². The van der Waals surface area contributed by atoms with Crippen molar-refractivity contribution in [2.24, 2.45) is 0 Å². The largest absolute Gasteiger partial charge is 0.350 e. The predicted molar refractivity (Wildman–Crippen MR) is 122 cm³/mol. The molecule has 3 aromatic rings.